The van der Waals surface area contributed by atoms with Crippen LogP contribution in [0.2, 0.25) is 0 Å². The normalized spacial score (nSPS) is 16.5. The van der Waals surface area contributed by atoms with Gasteiger partial charge in [0.2, 0.25) is 0 Å². The average molecular weight is 233 g/mol. The van der Waals surface area contributed by atoms with E-state index < -0.39 is 0 Å². The van der Waals surface area contributed by atoms with Crippen molar-refractivity contribution in [1.29, 1.82) is 0 Å². The van der Waals surface area contributed by atoms with Crippen LogP contribution in [0.3, 0.4) is 0 Å². The Kier molecular flexibility index (Phi) is 4.15. The van der Waals surface area contributed by atoms with Gasteiger partial charge in [0.15, 0.2) is 0 Å². The van der Waals surface area contributed by atoms with E-state index in [1.54, 1.807) is 0 Å². The van der Waals surface area contributed by atoms with Crippen LogP contribution in [0.1, 0.15) is 18.4 Å². The first kappa shape index (κ1) is 12.1. The Hall–Kier alpha value is -1.35. The number of rotatable bonds is 6. The van der Waals surface area contributed by atoms with E-state index in [9.17, 15) is 4.79 Å². The summed E-state index contributed by atoms with van der Waals surface area (Å²) in [4.78, 5) is 11.6. The molecular weight excluding hydrogens is 214 g/mol. The smallest absolute Gasteiger partial charge is 0.323 e. The summed E-state index contributed by atoms with van der Waals surface area (Å²) in [5, 5.41) is 3.31. The lowest BCUT2D eigenvalue weighted by Gasteiger charge is -2.15. The lowest BCUT2D eigenvalue weighted by atomic mass is 10.1. The summed E-state index contributed by atoms with van der Waals surface area (Å²) < 4.78 is 4.81. The molecule has 1 aliphatic carbocycles. The Balaban J connectivity index is 1.78. The topological polar surface area (TPSA) is 38.3 Å². The van der Waals surface area contributed by atoms with Crippen molar-refractivity contribution in [2.75, 3.05) is 13.7 Å². The maximum Gasteiger partial charge on any atom is 0.323 e. The number of hydrogen-bond acceptors (Lipinski definition) is 3. The van der Waals surface area contributed by atoms with Crippen molar-refractivity contribution in [2.45, 2.75) is 25.3 Å². The Morgan fingerprint density at radius 2 is 2.12 bits per heavy atom. The van der Waals surface area contributed by atoms with E-state index in [4.69, 9.17) is 4.74 Å². The zero-order valence-electron chi connectivity index (χ0n) is 10.2. The number of esters is 1. The second-order valence-corrected chi connectivity index (χ2v) is 4.53. The molecule has 0 amide bonds. The average Bonchev–Trinajstić information content (AvgIpc) is 3.19. The van der Waals surface area contributed by atoms with Gasteiger partial charge in [-0.25, -0.2) is 0 Å². The van der Waals surface area contributed by atoms with E-state index in [-0.39, 0.29) is 12.0 Å². The SMILES string of the molecule is COC(=O)[C@H](NCCc1ccccc1)C1CC1. The van der Waals surface area contributed by atoms with E-state index in [0.717, 1.165) is 25.8 Å². The molecule has 0 unspecified atom stereocenters. The number of ether oxygens (including phenoxy) is 1. The first-order valence-corrected chi connectivity index (χ1v) is 6.16. The molecule has 3 nitrogen and oxygen atoms in total. The summed E-state index contributed by atoms with van der Waals surface area (Å²) in [6.07, 6.45) is 3.22. The quantitative estimate of drug-likeness (QED) is 0.761. The first-order valence-electron chi connectivity index (χ1n) is 6.16. The van der Waals surface area contributed by atoms with Crippen LogP contribution in [-0.4, -0.2) is 25.7 Å². The van der Waals surface area contributed by atoms with Crippen LogP contribution in [0, 0.1) is 5.92 Å². The Morgan fingerprint density at radius 1 is 1.41 bits per heavy atom. The lowest BCUT2D eigenvalue weighted by molar-refractivity contribution is -0.143. The monoisotopic (exact) mass is 233 g/mol. The molecule has 1 N–H and O–H groups in total. The molecule has 0 radical (unpaired) electrons. The highest BCUT2D eigenvalue weighted by Crippen LogP contribution is 2.33. The molecule has 1 aliphatic rings. The molecule has 3 heteroatoms. The summed E-state index contributed by atoms with van der Waals surface area (Å²) in [6, 6.07) is 10.2. The summed E-state index contributed by atoms with van der Waals surface area (Å²) in [6.45, 7) is 0.820. The molecule has 92 valence electrons. The third-order valence-electron chi connectivity index (χ3n) is 3.17. The summed E-state index contributed by atoms with van der Waals surface area (Å²) in [7, 11) is 1.45. The van der Waals surface area contributed by atoms with E-state index in [1.807, 2.05) is 18.2 Å². The van der Waals surface area contributed by atoms with Gasteiger partial charge >= 0.3 is 5.97 Å². The van der Waals surface area contributed by atoms with Crippen molar-refractivity contribution in [3.05, 3.63) is 35.9 Å². The highest BCUT2D eigenvalue weighted by molar-refractivity contribution is 5.76. The minimum absolute atomic E-state index is 0.108. The van der Waals surface area contributed by atoms with Crippen LogP contribution in [0.4, 0.5) is 0 Å². The fourth-order valence-corrected chi connectivity index (χ4v) is 2.02. The Bertz CT molecular complexity index is 360. The van der Waals surface area contributed by atoms with Crippen LogP contribution >= 0.6 is 0 Å². The predicted molar refractivity (Wildman–Crippen MR) is 66.7 cm³/mol. The molecular formula is C14H19NO2. The molecule has 1 aromatic carbocycles. The summed E-state index contributed by atoms with van der Waals surface area (Å²) in [5.74, 6) is 0.360. The van der Waals surface area contributed by atoms with Crippen molar-refractivity contribution in [2.24, 2.45) is 5.92 Å². The van der Waals surface area contributed by atoms with Crippen molar-refractivity contribution < 1.29 is 9.53 Å². The van der Waals surface area contributed by atoms with Crippen molar-refractivity contribution >= 4 is 5.97 Å². The largest absolute Gasteiger partial charge is 0.468 e. The maximum absolute atomic E-state index is 11.6. The zero-order valence-corrected chi connectivity index (χ0v) is 10.2. The molecule has 1 saturated carbocycles. The van der Waals surface area contributed by atoms with Gasteiger partial charge in [-0.05, 0) is 37.3 Å². The lowest BCUT2D eigenvalue weighted by Crippen LogP contribution is -2.40. The third-order valence-corrected chi connectivity index (χ3v) is 3.17. The zero-order chi connectivity index (χ0) is 12.1. The molecule has 1 fully saturated rings. The van der Waals surface area contributed by atoms with Gasteiger partial charge in [0.25, 0.3) is 0 Å². The van der Waals surface area contributed by atoms with Crippen LogP contribution in [-0.2, 0) is 16.0 Å². The number of carbonyl (C=O) groups excluding carboxylic acids is 1. The molecule has 1 atom stereocenters. The highest BCUT2D eigenvalue weighted by atomic mass is 16.5. The van der Waals surface area contributed by atoms with Crippen molar-refractivity contribution in [3.63, 3.8) is 0 Å². The minimum Gasteiger partial charge on any atom is -0.468 e. The second-order valence-electron chi connectivity index (χ2n) is 4.53. The fraction of sp³-hybridized carbons (Fsp3) is 0.500. The fourth-order valence-electron chi connectivity index (χ4n) is 2.02. The molecule has 0 spiro atoms. The van der Waals surface area contributed by atoms with Gasteiger partial charge in [0, 0.05) is 0 Å². The number of carbonyl (C=O) groups is 1. The molecule has 0 bridgehead atoms. The molecule has 0 aromatic heterocycles. The minimum atomic E-state index is -0.124. The predicted octanol–water partition coefficient (Wildman–Crippen LogP) is 1.77. The Labute approximate surface area is 102 Å². The number of nitrogens with one attached hydrogen (secondary N) is 1. The van der Waals surface area contributed by atoms with Crippen LogP contribution in [0.25, 0.3) is 0 Å². The molecule has 0 aliphatic heterocycles. The van der Waals surface area contributed by atoms with Gasteiger partial charge in [0.05, 0.1) is 7.11 Å². The van der Waals surface area contributed by atoms with Gasteiger partial charge in [-0.2, -0.15) is 0 Å². The van der Waals surface area contributed by atoms with E-state index in [1.165, 1.54) is 12.7 Å². The number of hydrogen-bond donors (Lipinski definition) is 1. The van der Waals surface area contributed by atoms with Gasteiger partial charge in [-0.1, -0.05) is 30.3 Å². The van der Waals surface area contributed by atoms with Gasteiger partial charge in [0.1, 0.15) is 6.04 Å². The van der Waals surface area contributed by atoms with E-state index in [0.29, 0.717) is 5.92 Å². The van der Waals surface area contributed by atoms with Crippen molar-refractivity contribution in [1.82, 2.24) is 5.32 Å². The van der Waals surface area contributed by atoms with Crippen LogP contribution < -0.4 is 5.32 Å². The summed E-state index contributed by atoms with van der Waals surface area (Å²) >= 11 is 0. The molecule has 1 aromatic rings. The van der Waals surface area contributed by atoms with Crippen LogP contribution in [0.15, 0.2) is 30.3 Å². The molecule has 2 rings (SSSR count). The molecule has 17 heavy (non-hydrogen) atoms. The maximum atomic E-state index is 11.6. The van der Waals surface area contributed by atoms with Gasteiger partial charge in [-0.15, -0.1) is 0 Å². The third kappa shape index (κ3) is 3.56. The van der Waals surface area contributed by atoms with E-state index in [2.05, 4.69) is 17.4 Å². The van der Waals surface area contributed by atoms with Crippen LogP contribution in [0.5, 0.6) is 0 Å². The molecule has 0 heterocycles. The highest BCUT2D eigenvalue weighted by Gasteiger charge is 2.36. The summed E-state index contributed by atoms with van der Waals surface area (Å²) in [5.41, 5.74) is 1.29. The van der Waals surface area contributed by atoms with Gasteiger partial charge < -0.3 is 10.1 Å². The standard InChI is InChI=1S/C14H19NO2/c1-17-14(16)13(12-7-8-12)15-10-9-11-5-3-2-4-6-11/h2-6,12-13,15H,7-10H2,1H3/t13-/m1/s1. The second kappa shape index (κ2) is 5.82. The first-order chi connectivity index (χ1) is 8.31. The molecule has 0 saturated heterocycles. The Morgan fingerprint density at radius 3 is 2.71 bits per heavy atom. The number of benzene rings is 1. The van der Waals surface area contributed by atoms with E-state index >= 15 is 0 Å². The van der Waals surface area contributed by atoms with Gasteiger partial charge in [-0.3, -0.25) is 4.79 Å². The van der Waals surface area contributed by atoms with Crippen molar-refractivity contribution in [3.8, 4) is 0 Å². The number of methoxy groups -OCH3 is 1.